The average molecular weight is 270 g/mol. The van der Waals surface area contributed by atoms with Gasteiger partial charge in [0.05, 0.1) is 0 Å². The third-order valence-corrected chi connectivity index (χ3v) is 2.47. The lowest BCUT2D eigenvalue weighted by molar-refractivity contribution is -0.114. The molecule has 0 bridgehead atoms. The quantitative estimate of drug-likeness (QED) is 0.893. The van der Waals surface area contributed by atoms with Gasteiger partial charge in [-0.3, -0.25) is 9.59 Å². The Bertz CT molecular complexity index is 638. The summed E-state index contributed by atoms with van der Waals surface area (Å²) in [5.74, 6) is 0.0969. The van der Waals surface area contributed by atoms with E-state index in [-0.39, 0.29) is 11.8 Å². The van der Waals surface area contributed by atoms with Crippen molar-refractivity contribution in [3.8, 4) is 0 Å². The number of nitrogens with one attached hydrogen (secondary N) is 2. The van der Waals surface area contributed by atoms with E-state index >= 15 is 0 Å². The SMILES string of the molecule is CC(=O)Nc1ccc(NC(=O)c2ccnc(C)n2)cc1. The van der Waals surface area contributed by atoms with Crippen LogP contribution in [0.15, 0.2) is 36.5 Å². The molecule has 2 aromatic rings. The Balaban J connectivity index is 2.06. The molecule has 0 aliphatic carbocycles. The van der Waals surface area contributed by atoms with Gasteiger partial charge >= 0.3 is 0 Å². The number of rotatable bonds is 3. The van der Waals surface area contributed by atoms with Gasteiger partial charge in [-0.05, 0) is 37.3 Å². The normalized spacial score (nSPS) is 9.90. The Morgan fingerprint density at radius 2 is 1.60 bits per heavy atom. The minimum Gasteiger partial charge on any atom is -0.326 e. The first kappa shape index (κ1) is 13.7. The number of nitrogens with zero attached hydrogens (tertiary/aromatic N) is 2. The smallest absolute Gasteiger partial charge is 0.274 e. The molecule has 0 saturated heterocycles. The highest BCUT2D eigenvalue weighted by atomic mass is 16.2. The maximum Gasteiger partial charge on any atom is 0.274 e. The Morgan fingerprint density at radius 3 is 2.15 bits per heavy atom. The van der Waals surface area contributed by atoms with Crippen molar-refractivity contribution in [2.45, 2.75) is 13.8 Å². The highest BCUT2D eigenvalue weighted by Crippen LogP contribution is 2.14. The first-order chi connectivity index (χ1) is 9.54. The second-order valence-corrected chi connectivity index (χ2v) is 4.20. The summed E-state index contributed by atoms with van der Waals surface area (Å²) in [7, 11) is 0. The number of hydrogen-bond donors (Lipinski definition) is 2. The van der Waals surface area contributed by atoms with E-state index in [1.807, 2.05) is 0 Å². The van der Waals surface area contributed by atoms with Gasteiger partial charge in [0.15, 0.2) is 0 Å². The van der Waals surface area contributed by atoms with Crippen LogP contribution in [0.25, 0.3) is 0 Å². The van der Waals surface area contributed by atoms with Crippen molar-refractivity contribution in [2.75, 3.05) is 10.6 Å². The molecule has 20 heavy (non-hydrogen) atoms. The van der Waals surface area contributed by atoms with Crippen molar-refractivity contribution in [3.63, 3.8) is 0 Å². The number of hydrogen-bond acceptors (Lipinski definition) is 4. The molecule has 2 N–H and O–H groups in total. The van der Waals surface area contributed by atoms with E-state index in [4.69, 9.17) is 0 Å². The summed E-state index contributed by atoms with van der Waals surface area (Å²) in [5, 5.41) is 5.38. The van der Waals surface area contributed by atoms with Gasteiger partial charge in [0.2, 0.25) is 5.91 Å². The summed E-state index contributed by atoms with van der Waals surface area (Å²) in [6.07, 6.45) is 1.54. The van der Waals surface area contributed by atoms with Gasteiger partial charge in [0.25, 0.3) is 5.91 Å². The van der Waals surface area contributed by atoms with Gasteiger partial charge in [-0.2, -0.15) is 0 Å². The van der Waals surface area contributed by atoms with Gasteiger partial charge in [-0.15, -0.1) is 0 Å². The second kappa shape index (κ2) is 5.92. The number of amides is 2. The van der Waals surface area contributed by atoms with Gasteiger partial charge in [0, 0.05) is 24.5 Å². The van der Waals surface area contributed by atoms with Gasteiger partial charge in [-0.1, -0.05) is 0 Å². The van der Waals surface area contributed by atoms with Crippen LogP contribution >= 0.6 is 0 Å². The van der Waals surface area contributed by atoms with E-state index in [1.165, 1.54) is 13.1 Å². The molecule has 1 heterocycles. The Hall–Kier alpha value is -2.76. The Kier molecular flexibility index (Phi) is 4.05. The molecule has 6 nitrogen and oxygen atoms in total. The number of aryl methyl sites for hydroxylation is 1. The molecule has 2 amide bonds. The molecular formula is C14H14N4O2. The fraction of sp³-hybridized carbons (Fsp3) is 0.143. The maximum atomic E-state index is 12.0. The zero-order valence-electron chi connectivity index (χ0n) is 11.2. The van der Waals surface area contributed by atoms with Crippen molar-refractivity contribution >= 4 is 23.2 Å². The number of carbonyl (C=O) groups excluding carboxylic acids is 2. The number of anilines is 2. The minimum absolute atomic E-state index is 0.141. The first-order valence-corrected chi connectivity index (χ1v) is 6.03. The molecule has 0 spiro atoms. The predicted molar refractivity (Wildman–Crippen MR) is 75.5 cm³/mol. The van der Waals surface area contributed by atoms with Gasteiger partial charge < -0.3 is 10.6 Å². The molecular weight excluding hydrogens is 256 g/mol. The van der Waals surface area contributed by atoms with Crippen LogP contribution in [0.2, 0.25) is 0 Å². The van der Waals surface area contributed by atoms with E-state index < -0.39 is 0 Å². The average Bonchev–Trinajstić information content (AvgIpc) is 2.40. The van der Waals surface area contributed by atoms with Crippen LogP contribution in [0, 0.1) is 6.92 Å². The summed E-state index contributed by atoms with van der Waals surface area (Å²) in [6.45, 7) is 3.16. The summed E-state index contributed by atoms with van der Waals surface area (Å²) < 4.78 is 0. The largest absolute Gasteiger partial charge is 0.326 e. The molecule has 0 saturated carbocycles. The van der Waals surface area contributed by atoms with Crippen LogP contribution in [0.1, 0.15) is 23.2 Å². The topological polar surface area (TPSA) is 84.0 Å². The maximum absolute atomic E-state index is 12.0. The second-order valence-electron chi connectivity index (χ2n) is 4.20. The zero-order chi connectivity index (χ0) is 14.5. The Labute approximate surface area is 116 Å². The molecule has 0 aliphatic rings. The number of benzene rings is 1. The fourth-order valence-electron chi connectivity index (χ4n) is 1.62. The summed E-state index contributed by atoms with van der Waals surface area (Å²) in [4.78, 5) is 30.8. The van der Waals surface area contributed by atoms with Crippen molar-refractivity contribution in [3.05, 3.63) is 48.0 Å². The van der Waals surface area contributed by atoms with Crippen molar-refractivity contribution in [1.82, 2.24) is 9.97 Å². The van der Waals surface area contributed by atoms with Gasteiger partial charge in [-0.25, -0.2) is 9.97 Å². The highest BCUT2D eigenvalue weighted by molar-refractivity contribution is 6.03. The third-order valence-electron chi connectivity index (χ3n) is 2.47. The van der Waals surface area contributed by atoms with Crippen molar-refractivity contribution in [1.29, 1.82) is 0 Å². The molecule has 6 heteroatoms. The third kappa shape index (κ3) is 3.61. The number of aromatic nitrogens is 2. The minimum atomic E-state index is -0.303. The van der Waals surface area contributed by atoms with Crippen molar-refractivity contribution < 1.29 is 9.59 Å². The van der Waals surface area contributed by atoms with Gasteiger partial charge in [0.1, 0.15) is 11.5 Å². The molecule has 2 rings (SSSR count). The van der Waals surface area contributed by atoms with Crippen LogP contribution < -0.4 is 10.6 Å². The molecule has 0 aliphatic heterocycles. The van der Waals surface area contributed by atoms with E-state index in [0.29, 0.717) is 22.9 Å². The predicted octanol–water partition coefficient (Wildman–Crippen LogP) is 2.00. The van der Waals surface area contributed by atoms with Crippen molar-refractivity contribution in [2.24, 2.45) is 0 Å². The number of carbonyl (C=O) groups is 2. The lowest BCUT2D eigenvalue weighted by Crippen LogP contribution is -2.14. The zero-order valence-corrected chi connectivity index (χ0v) is 11.2. The summed E-state index contributed by atoms with van der Waals surface area (Å²) in [6, 6.07) is 8.38. The molecule has 0 radical (unpaired) electrons. The Morgan fingerprint density at radius 1 is 1.00 bits per heavy atom. The molecule has 1 aromatic heterocycles. The van der Waals surface area contributed by atoms with Crippen LogP contribution in [-0.2, 0) is 4.79 Å². The lowest BCUT2D eigenvalue weighted by Gasteiger charge is -2.06. The van der Waals surface area contributed by atoms with E-state index in [1.54, 1.807) is 37.3 Å². The molecule has 1 aromatic carbocycles. The van der Waals surface area contributed by atoms with E-state index in [2.05, 4.69) is 20.6 Å². The standard InChI is InChI=1S/C14H14N4O2/c1-9-15-8-7-13(16-9)14(20)18-12-5-3-11(4-6-12)17-10(2)19/h3-8H,1-2H3,(H,17,19)(H,18,20). The molecule has 0 fully saturated rings. The summed E-state index contributed by atoms with van der Waals surface area (Å²) >= 11 is 0. The van der Waals surface area contributed by atoms with Crippen LogP contribution in [0.5, 0.6) is 0 Å². The molecule has 0 atom stereocenters. The van der Waals surface area contributed by atoms with Crippen LogP contribution in [0.4, 0.5) is 11.4 Å². The molecule has 102 valence electrons. The highest BCUT2D eigenvalue weighted by Gasteiger charge is 2.08. The monoisotopic (exact) mass is 270 g/mol. The lowest BCUT2D eigenvalue weighted by atomic mass is 10.2. The van der Waals surface area contributed by atoms with Crippen LogP contribution in [-0.4, -0.2) is 21.8 Å². The van der Waals surface area contributed by atoms with Crippen LogP contribution in [0.3, 0.4) is 0 Å². The molecule has 0 unspecified atom stereocenters. The van der Waals surface area contributed by atoms with E-state index in [0.717, 1.165) is 0 Å². The first-order valence-electron chi connectivity index (χ1n) is 6.03. The fourth-order valence-corrected chi connectivity index (χ4v) is 1.62. The summed E-state index contributed by atoms with van der Waals surface area (Å²) in [5.41, 5.74) is 1.61. The van der Waals surface area contributed by atoms with E-state index in [9.17, 15) is 9.59 Å².